The summed E-state index contributed by atoms with van der Waals surface area (Å²) in [5, 5.41) is 0. The SMILES string of the molecule is Cc1cc(F)ccc1CN1CCN(C2CC(=O)NNC2c2ccccc2)CC1. The lowest BCUT2D eigenvalue weighted by Crippen LogP contribution is -2.60. The molecule has 2 aromatic rings. The lowest BCUT2D eigenvalue weighted by molar-refractivity contribution is -0.127. The molecule has 0 aliphatic carbocycles. The number of hydrogen-bond donors (Lipinski definition) is 2. The molecule has 2 saturated heterocycles. The van der Waals surface area contributed by atoms with Crippen LogP contribution in [0, 0.1) is 12.7 Å². The molecule has 2 aliphatic rings. The Kier molecular flexibility index (Phi) is 5.71. The molecule has 2 aromatic carbocycles. The van der Waals surface area contributed by atoms with E-state index in [1.807, 2.05) is 31.2 Å². The van der Waals surface area contributed by atoms with E-state index < -0.39 is 0 Å². The molecule has 2 unspecified atom stereocenters. The standard InChI is InChI=1S/C22H27FN4O/c1-16-13-19(23)8-7-18(16)15-26-9-11-27(12-10-26)20-14-21(28)24-25-22(20)17-5-3-2-4-6-17/h2-8,13,20,22,25H,9-12,14-15H2,1H3,(H,24,28). The predicted octanol–water partition coefficient (Wildman–Crippen LogP) is 2.39. The summed E-state index contributed by atoms with van der Waals surface area (Å²) in [6, 6.07) is 15.5. The van der Waals surface area contributed by atoms with Crippen molar-refractivity contribution in [2.45, 2.75) is 32.0 Å². The summed E-state index contributed by atoms with van der Waals surface area (Å²) < 4.78 is 13.3. The van der Waals surface area contributed by atoms with Crippen molar-refractivity contribution in [2.75, 3.05) is 26.2 Å². The number of carbonyl (C=O) groups is 1. The number of hydrazine groups is 1. The van der Waals surface area contributed by atoms with Crippen LogP contribution in [-0.4, -0.2) is 47.9 Å². The summed E-state index contributed by atoms with van der Waals surface area (Å²) in [4.78, 5) is 16.9. The summed E-state index contributed by atoms with van der Waals surface area (Å²) in [5.74, 6) is -0.136. The monoisotopic (exact) mass is 382 g/mol. The van der Waals surface area contributed by atoms with Crippen LogP contribution in [0.5, 0.6) is 0 Å². The number of hydrogen-bond acceptors (Lipinski definition) is 4. The van der Waals surface area contributed by atoms with Crippen molar-refractivity contribution < 1.29 is 9.18 Å². The number of amides is 1. The number of rotatable bonds is 4. The van der Waals surface area contributed by atoms with Gasteiger partial charge in [-0.25, -0.2) is 9.82 Å². The summed E-state index contributed by atoms with van der Waals surface area (Å²) in [6.45, 7) is 6.52. The predicted molar refractivity (Wildman–Crippen MR) is 107 cm³/mol. The molecule has 0 bridgehead atoms. The Morgan fingerprint density at radius 1 is 1.07 bits per heavy atom. The third-order valence-corrected chi connectivity index (χ3v) is 5.88. The Morgan fingerprint density at radius 3 is 2.54 bits per heavy atom. The quantitative estimate of drug-likeness (QED) is 0.853. The molecule has 148 valence electrons. The molecule has 5 nitrogen and oxygen atoms in total. The van der Waals surface area contributed by atoms with E-state index in [0.29, 0.717) is 6.42 Å². The van der Waals surface area contributed by atoms with Gasteiger partial charge in [0.25, 0.3) is 0 Å². The Morgan fingerprint density at radius 2 is 1.82 bits per heavy atom. The van der Waals surface area contributed by atoms with Gasteiger partial charge in [0.1, 0.15) is 5.82 Å². The van der Waals surface area contributed by atoms with Crippen molar-refractivity contribution in [3.05, 3.63) is 71.0 Å². The van der Waals surface area contributed by atoms with Gasteiger partial charge in [-0.1, -0.05) is 36.4 Å². The smallest absolute Gasteiger partial charge is 0.235 e. The zero-order valence-electron chi connectivity index (χ0n) is 16.2. The van der Waals surface area contributed by atoms with E-state index >= 15 is 0 Å². The molecule has 2 atom stereocenters. The molecule has 2 N–H and O–H groups in total. The van der Waals surface area contributed by atoms with E-state index in [1.54, 1.807) is 6.07 Å². The zero-order chi connectivity index (χ0) is 19.5. The average molecular weight is 382 g/mol. The Hall–Kier alpha value is -2.28. The number of halogens is 1. The fourth-order valence-corrected chi connectivity index (χ4v) is 4.25. The van der Waals surface area contributed by atoms with Crippen LogP contribution in [0.25, 0.3) is 0 Å². The minimum absolute atomic E-state index is 0.0431. The van der Waals surface area contributed by atoms with Gasteiger partial charge in [-0.3, -0.25) is 20.0 Å². The first kappa shape index (κ1) is 19.1. The maximum atomic E-state index is 13.3. The van der Waals surface area contributed by atoms with Crippen LogP contribution in [0.1, 0.15) is 29.2 Å². The van der Waals surface area contributed by atoms with Crippen LogP contribution in [0.15, 0.2) is 48.5 Å². The number of aryl methyl sites for hydroxylation is 1. The molecule has 2 fully saturated rings. The van der Waals surface area contributed by atoms with Crippen molar-refractivity contribution in [3.8, 4) is 0 Å². The van der Waals surface area contributed by atoms with Gasteiger partial charge in [-0.2, -0.15) is 0 Å². The summed E-state index contributed by atoms with van der Waals surface area (Å²) in [7, 11) is 0. The highest BCUT2D eigenvalue weighted by Gasteiger charge is 2.35. The number of carbonyl (C=O) groups excluding carboxylic acids is 1. The topological polar surface area (TPSA) is 47.6 Å². The van der Waals surface area contributed by atoms with Crippen LogP contribution < -0.4 is 10.9 Å². The number of piperazine rings is 1. The molecule has 0 aromatic heterocycles. The highest BCUT2D eigenvalue weighted by molar-refractivity contribution is 5.77. The molecular formula is C22H27FN4O. The van der Waals surface area contributed by atoms with Crippen LogP contribution in [0.3, 0.4) is 0 Å². The summed E-state index contributed by atoms with van der Waals surface area (Å²) in [6.07, 6.45) is 0.504. The number of benzene rings is 2. The molecule has 0 saturated carbocycles. The lowest BCUT2D eigenvalue weighted by atomic mass is 9.93. The number of nitrogens with zero attached hydrogens (tertiary/aromatic N) is 2. The largest absolute Gasteiger partial charge is 0.297 e. The van der Waals surface area contributed by atoms with Crippen molar-refractivity contribution >= 4 is 5.91 Å². The third kappa shape index (κ3) is 4.24. The molecule has 1 amide bonds. The van der Waals surface area contributed by atoms with Gasteiger partial charge in [0, 0.05) is 45.2 Å². The first-order valence-electron chi connectivity index (χ1n) is 9.91. The van der Waals surface area contributed by atoms with Crippen molar-refractivity contribution in [2.24, 2.45) is 0 Å². The van der Waals surface area contributed by atoms with Crippen molar-refractivity contribution in [1.82, 2.24) is 20.7 Å². The van der Waals surface area contributed by atoms with E-state index in [2.05, 4.69) is 32.8 Å². The molecule has 4 rings (SSSR count). The maximum Gasteiger partial charge on any atom is 0.235 e. The van der Waals surface area contributed by atoms with E-state index in [-0.39, 0.29) is 23.8 Å². The van der Waals surface area contributed by atoms with Crippen LogP contribution in [0.2, 0.25) is 0 Å². The van der Waals surface area contributed by atoms with Gasteiger partial charge < -0.3 is 0 Å². The van der Waals surface area contributed by atoms with Crippen LogP contribution in [0.4, 0.5) is 4.39 Å². The third-order valence-electron chi connectivity index (χ3n) is 5.88. The van der Waals surface area contributed by atoms with Crippen molar-refractivity contribution in [1.29, 1.82) is 0 Å². The highest BCUT2D eigenvalue weighted by atomic mass is 19.1. The summed E-state index contributed by atoms with van der Waals surface area (Å²) in [5.41, 5.74) is 9.37. The van der Waals surface area contributed by atoms with Crippen molar-refractivity contribution in [3.63, 3.8) is 0 Å². The molecule has 28 heavy (non-hydrogen) atoms. The molecule has 6 heteroatoms. The van der Waals surface area contributed by atoms with Gasteiger partial charge in [0.05, 0.1) is 6.04 Å². The molecular weight excluding hydrogens is 355 g/mol. The van der Waals surface area contributed by atoms with Crippen LogP contribution in [-0.2, 0) is 11.3 Å². The second-order valence-corrected chi connectivity index (χ2v) is 7.74. The fraction of sp³-hybridized carbons (Fsp3) is 0.409. The zero-order valence-corrected chi connectivity index (χ0v) is 16.2. The first-order chi connectivity index (χ1) is 13.6. The van der Waals surface area contributed by atoms with E-state index in [4.69, 9.17) is 0 Å². The van der Waals surface area contributed by atoms with E-state index in [9.17, 15) is 9.18 Å². The Labute approximate surface area is 165 Å². The highest BCUT2D eigenvalue weighted by Crippen LogP contribution is 2.27. The van der Waals surface area contributed by atoms with Crippen LogP contribution >= 0.6 is 0 Å². The minimum Gasteiger partial charge on any atom is -0.297 e. The fourth-order valence-electron chi connectivity index (χ4n) is 4.25. The maximum absolute atomic E-state index is 13.3. The molecule has 0 spiro atoms. The van der Waals surface area contributed by atoms with Gasteiger partial charge in [-0.15, -0.1) is 0 Å². The van der Waals surface area contributed by atoms with E-state index in [0.717, 1.165) is 38.3 Å². The average Bonchev–Trinajstić information content (AvgIpc) is 2.71. The molecule has 0 radical (unpaired) electrons. The lowest BCUT2D eigenvalue weighted by Gasteiger charge is -2.44. The molecule has 2 aliphatic heterocycles. The minimum atomic E-state index is -0.180. The van der Waals surface area contributed by atoms with E-state index in [1.165, 1.54) is 17.2 Å². The van der Waals surface area contributed by atoms with Gasteiger partial charge >= 0.3 is 0 Å². The normalized spacial score (nSPS) is 24.1. The van der Waals surface area contributed by atoms with Gasteiger partial charge in [-0.05, 0) is 35.7 Å². The number of nitrogens with one attached hydrogen (secondary N) is 2. The molecule has 2 heterocycles. The Balaban J connectivity index is 1.40. The second-order valence-electron chi connectivity index (χ2n) is 7.74. The first-order valence-corrected chi connectivity index (χ1v) is 9.91. The summed E-state index contributed by atoms with van der Waals surface area (Å²) >= 11 is 0. The Bertz CT molecular complexity index is 821. The van der Waals surface area contributed by atoms with Gasteiger partial charge in [0.2, 0.25) is 5.91 Å². The second kappa shape index (κ2) is 8.39. The van der Waals surface area contributed by atoms with Gasteiger partial charge in [0.15, 0.2) is 0 Å².